The van der Waals surface area contributed by atoms with Crippen LogP contribution in [0.15, 0.2) is 36.4 Å². The Morgan fingerprint density at radius 2 is 1.95 bits per heavy atom. The van der Waals surface area contributed by atoms with Gasteiger partial charge in [-0.05, 0) is 30.0 Å². The summed E-state index contributed by atoms with van der Waals surface area (Å²) in [5.74, 6) is -0.113. The van der Waals surface area contributed by atoms with E-state index < -0.39 is 12.0 Å². The minimum absolute atomic E-state index is 0.664. The Hall–Kier alpha value is -2.07. The summed E-state index contributed by atoms with van der Waals surface area (Å²) < 4.78 is 5.34. The maximum Gasteiger partial charge on any atom is 0.325 e. The molecule has 0 saturated carbocycles. The van der Waals surface area contributed by atoms with Gasteiger partial charge in [0.15, 0.2) is 0 Å². The molecule has 4 heteroatoms. The van der Waals surface area contributed by atoms with Gasteiger partial charge in [-0.3, -0.25) is 4.79 Å². The predicted octanol–water partition coefficient (Wildman–Crippen LogP) is 2.97. The molecule has 0 bridgehead atoms. The largest absolute Gasteiger partial charge is 0.496 e. The fraction of sp³-hybridized carbons (Fsp3) is 0.312. The van der Waals surface area contributed by atoms with E-state index in [1.54, 1.807) is 7.11 Å². The van der Waals surface area contributed by atoms with Crippen molar-refractivity contribution in [3.8, 4) is 5.75 Å². The topological polar surface area (TPSA) is 58.6 Å². The van der Waals surface area contributed by atoms with Crippen molar-refractivity contribution in [2.24, 2.45) is 0 Å². The van der Waals surface area contributed by atoms with E-state index in [2.05, 4.69) is 5.32 Å². The summed E-state index contributed by atoms with van der Waals surface area (Å²) in [5.41, 5.74) is 0.766. The molecule has 106 valence electrons. The first-order chi connectivity index (χ1) is 9.69. The van der Waals surface area contributed by atoms with Crippen molar-refractivity contribution in [2.45, 2.75) is 19.4 Å². The van der Waals surface area contributed by atoms with Crippen molar-refractivity contribution in [1.29, 1.82) is 0 Å². The van der Waals surface area contributed by atoms with Gasteiger partial charge in [0.05, 0.1) is 7.11 Å². The van der Waals surface area contributed by atoms with Crippen LogP contribution in [0.5, 0.6) is 5.75 Å². The summed E-state index contributed by atoms with van der Waals surface area (Å²) in [6.45, 7) is 2.68. The second-order valence-electron chi connectivity index (χ2n) is 4.63. The van der Waals surface area contributed by atoms with Gasteiger partial charge in [0.2, 0.25) is 0 Å². The van der Waals surface area contributed by atoms with Crippen molar-refractivity contribution >= 4 is 16.7 Å². The summed E-state index contributed by atoms with van der Waals surface area (Å²) in [5, 5.41) is 14.4. The van der Waals surface area contributed by atoms with Crippen LogP contribution >= 0.6 is 0 Å². The highest BCUT2D eigenvalue weighted by molar-refractivity contribution is 5.94. The van der Waals surface area contributed by atoms with Gasteiger partial charge in [-0.15, -0.1) is 0 Å². The normalized spacial score (nSPS) is 12.3. The second kappa shape index (κ2) is 6.39. The van der Waals surface area contributed by atoms with E-state index in [-0.39, 0.29) is 0 Å². The lowest BCUT2D eigenvalue weighted by Crippen LogP contribution is -2.29. The Morgan fingerprint density at radius 1 is 1.25 bits per heavy atom. The molecule has 2 aromatic rings. The Bertz CT molecular complexity index is 610. The minimum Gasteiger partial charge on any atom is -0.496 e. The molecule has 2 N–H and O–H groups in total. The summed E-state index contributed by atoms with van der Waals surface area (Å²) in [6.07, 6.45) is 0.887. The number of nitrogens with one attached hydrogen (secondary N) is 1. The summed E-state index contributed by atoms with van der Waals surface area (Å²) in [7, 11) is 1.62. The smallest absolute Gasteiger partial charge is 0.325 e. The summed E-state index contributed by atoms with van der Waals surface area (Å²) in [4.78, 5) is 11.5. The zero-order chi connectivity index (χ0) is 14.5. The van der Waals surface area contributed by atoms with Crippen molar-refractivity contribution in [2.75, 3.05) is 13.7 Å². The van der Waals surface area contributed by atoms with Crippen molar-refractivity contribution in [3.63, 3.8) is 0 Å². The van der Waals surface area contributed by atoms with E-state index in [4.69, 9.17) is 4.74 Å². The number of carbonyl (C=O) groups is 1. The standard InChI is InChI=1S/C16H19NO3/c1-3-10-17-15(16(18)19)13-8-9-14(20-2)12-7-5-4-6-11(12)13/h4-9,15,17H,3,10H2,1-2H3,(H,18,19). The van der Waals surface area contributed by atoms with Crippen LogP contribution in [0.2, 0.25) is 0 Å². The number of hydrogen-bond acceptors (Lipinski definition) is 3. The van der Waals surface area contributed by atoms with Crippen LogP contribution in [0, 0.1) is 0 Å². The first kappa shape index (κ1) is 14.3. The van der Waals surface area contributed by atoms with Gasteiger partial charge in [-0.2, -0.15) is 0 Å². The molecular weight excluding hydrogens is 254 g/mol. The van der Waals surface area contributed by atoms with Gasteiger partial charge in [0.25, 0.3) is 0 Å². The molecule has 2 rings (SSSR count). The number of carboxylic acid groups (broad SMARTS) is 1. The predicted molar refractivity (Wildman–Crippen MR) is 79.2 cm³/mol. The minimum atomic E-state index is -0.867. The van der Waals surface area contributed by atoms with E-state index in [9.17, 15) is 9.90 Å². The first-order valence-electron chi connectivity index (χ1n) is 6.70. The van der Waals surface area contributed by atoms with Gasteiger partial charge in [0, 0.05) is 5.39 Å². The highest BCUT2D eigenvalue weighted by Crippen LogP contribution is 2.31. The zero-order valence-electron chi connectivity index (χ0n) is 11.7. The van der Waals surface area contributed by atoms with Gasteiger partial charge in [-0.1, -0.05) is 37.3 Å². The SMILES string of the molecule is CCCNC(C(=O)O)c1ccc(OC)c2ccccc12. The van der Waals surface area contributed by atoms with E-state index in [0.717, 1.165) is 28.5 Å². The molecular formula is C16H19NO3. The number of aliphatic carboxylic acids is 1. The molecule has 0 fully saturated rings. The molecule has 0 aliphatic rings. The number of rotatable bonds is 6. The van der Waals surface area contributed by atoms with Crippen LogP contribution in [0.4, 0.5) is 0 Å². The van der Waals surface area contributed by atoms with Gasteiger partial charge in [0.1, 0.15) is 11.8 Å². The molecule has 0 amide bonds. The summed E-state index contributed by atoms with van der Waals surface area (Å²) in [6, 6.07) is 10.6. The fourth-order valence-electron chi connectivity index (χ4n) is 2.34. The average Bonchev–Trinajstić information content (AvgIpc) is 2.47. The third-order valence-corrected chi connectivity index (χ3v) is 3.29. The van der Waals surface area contributed by atoms with Crippen LogP contribution in [-0.2, 0) is 4.79 Å². The maximum absolute atomic E-state index is 11.5. The van der Waals surface area contributed by atoms with E-state index >= 15 is 0 Å². The van der Waals surface area contributed by atoms with Gasteiger partial charge < -0.3 is 15.2 Å². The van der Waals surface area contributed by atoms with Crippen LogP contribution in [-0.4, -0.2) is 24.7 Å². The van der Waals surface area contributed by atoms with E-state index in [1.807, 2.05) is 43.3 Å². The van der Waals surface area contributed by atoms with E-state index in [1.165, 1.54) is 0 Å². The van der Waals surface area contributed by atoms with Crippen LogP contribution in [0.3, 0.4) is 0 Å². The van der Waals surface area contributed by atoms with Crippen LogP contribution < -0.4 is 10.1 Å². The van der Waals surface area contributed by atoms with Gasteiger partial charge in [-0.25, -0.2) is 0 Å². The van der Waals surface area contributed by atoms with Crippen molar-refractivity contribution < 1.29 is 14.6 Å². The third-order valence-electron chi connectivity index (χ3n) is 3.29. The lowest BCUT2D eigenvalue weighted by atomic mass is 9.98. The number of methoxy groups -OCH3 is 1. The Kier molecular flexibility index (Phi) is 4.58. The summed E-state index contributed by atoms with van der Waals surface area (Å²) >= 11 is 0. The lowest BCUT2D eigenvalue weighted by Gasteiger charge is -2.17. The first-order valence-corrected chi connectivity index (χ1v) is 6.70. The zero-order valence-corrected chi connectivity index (χ0v) is 11.7. The number of carboxylic acids is 1. The Morgan fingerprint density at radius 3 is 2.55 bits per heavy atom. The molecule has 4 nitrogen and oxygen atoms in total. The molecule has 0 aliphatic carbocycles. The van der Waals surface area contributed by atoms with Crippen LogP contribution in [0.1, 0.15) is 24.9 Å². The molecule has 0 saturated heterocycles. The molecule has 1 atom stereocenters. The van der Waals surface area contributed by atoms with E-state index in [0.29, 0.717) is 6.54 Å². The number of hydrogen-bond donors (Lipinski definition) is 2. The quantitative estimate of drug-likeness (QED) is 0.849. The van der Waals surface area contributed by atoms with Crippen molar-refractivity contribution in [1.82, 2.24) is 5.32 Å². The molecule has 0 spiro atoms. The number of fused-ring (bicyclic) bond motifs is 1. The number of ether oxygens (including phenoxy) is 1. The molecule has 0 heterocycles. The highest BCUT2D eigenvalue weighted by Gasteiger charge is 2.21. The maximum atomic E-state index is 11.5. The Labute approximate surface area is 118 Å². The highest BCUT2D eigenvalue weighted by atomic mass is 16.5. The number of benzene rings is 2. The lowest BCUT2D eigenvalue weighted by molar-refractivity contribution is -0.139. The third kappa shape index (κ3) is 2.75. The second-order valence-corrected chi connectivity index (χ2v) is 4.63. The Balaban J connectivity index is 2.55. The molecule has 0 aliphatic heterocycles. The fourth-order valence-corrected chi connectivity index (χ4v) is 2.34. The monoisotopic (exact) mass is 273 g/mol. The molecule has 1 unspecified atom stereocenters. The molecule has 2 aromatic carbocycles. The van der Waals surface area contributed by atoms with Crippen molar-refractivity contribution in [3.05, 3.63) is 42.0 Å². The molecule has 20 heavy (non-hydrogen) atoms. The van der Waals surface area contributed by atoms with Gasteiger partial charge >= 0.3 is 5.97 Å². The average molecular weight is 273 g/mol. The molecule has 0 radical (unpaired) electrons. The molecule has 0 aromatic heterocycles. The van der Waals surface area contributed by atoms with Crippen LogP contribution in [0.25, 0.3) is 10.8 Å².